The Kier molecular flexibility index (Phi) is 3.73. The van der Waals surface area contributed by atoms with E-state index in [-0.39, 0.29) is 17.1 Å². The molecule has 7 nitrogen and oxygen atoms in total. The molecule has 0 atom stereocenters. The number of nitrogen functional groups attached to an aromatic ring is 1. The van der Waals surface area contributed by atoms with Crippen LogP contribution in [0.1, 0.15) is 30.3 Å². The molecular weight excluding hydrogens is 234 g/mol. The van der Waals surface area contributed by atoms with Gasteiger partial charge in [0.1, 0.15) is 0 Å². The SMILES string of the molecule is CC1(NC(=O)c2ccc(NN)nn2)CCOCC1. The van der Waals surface area contributed by atoms with Gasteiger partial charge in [-0.1, -0.05) is 0 Å². The van der Waals surface area contributed by atoms with Crippen molar-refractivity contribution >= 4 is 11.7 Å². The molecule has 0 bridgehead atoms. The lowest BCUT2D eigenvalue weighted by molar-refractivity contribution is 0.0421. The first-order valence-electron chi connectivity index (χ1n) is 5.84. The maximum absolute atomic E-state index is 12.0. The Morgan fingerprint density at radius 2 is 2.11 bits per heavy atom. The van der Waals surface area contributed by atoms with Crippen LogP contribution in [0.25, 0.3) is 0 Å². The van der Waals surface area contributed by atoms with Gasteiger partial charge in [-0.3, -0.25) is 4.79 Å². The molecule has 2 heterocycles. The van der Waals surface area contributed by atoms with Gasteiger partial charge in [0.05, 0.1) is 0 Å². The maximum Gasteiger partial charge on any atom is 0.272 e. The summed E-state index contributed by atoms with van der Waals surface area (Å²) in [6.45, 7) is 3.34. The van der Waals surface area contributed by atoms with E-state index in [1.807, 2.05) is 6.92 Å². The normalized spacial score (nSPS) is 18.1. The zero-order valence-corrected chi connectivity index (χ0v) is 10.3. The zero-order chi connectivity index (χ0) is 13.0. The number of aromatic nitrogens is 2. The average molecular weight is 251 g/mol. The van der Waals surface area contributed by atoms with Crippen molar-refractivity contribution in [2.45, 2.75) is 25.3 Å². The van der Waals surface area contributed by atoms with Gasteiger partial charge in [0, 0.05) is 18.8 Å². The van der Waals surface area contributed by atoms with Crippen molar-refractivity contribution < 1.29 is 9.53 Å². The van der Waals surface area contributed by atoms with E-state index < -0.39 is 0 Å². The number of hydrazine groups is 1. The van der Waals surface area contributed by atoms with Gasteiger partial charge in [-0.15, -0.1) is 10.2 Å². The lowest BCUT2D eigenvalue weighted by Crippen LogP contribution is -2.49. The first-order chi connectivity index (χ1) is 8.63. The topological polar surface area (TPSA) is 102 Å². The van der Waals surface area contributed by atoms with Crippen molar-refractivity contribution in [3.8, 4) is 0 Å². The average Bonchev–Trinajstić information content (AvgIpc) is 2.39. The number of hydrogen-bond donors (Lipinski definition) is 3. The van der Waals surface area contributed by atoms with E-state index >= 15 is 0 Å². The smallest absolute Gasteiger partial charge is 0.272 e. The second kappa shape index (κ2) is 5.28. The van der Waals surface area contributed by atoms with Gasteiger partial charge < -0.3 is 15.5 Å². The summed E-state index contributed by atoms with van der Waals surface area (Å²) >= 11 is 0. The molecule has 1 aromatic rings. The Hall–Kier alpha value is -1.73. The summed E-state index contributed by atoms with van der Waals surface area (Å²) in [7, 11) is 0. The van der Waals surface area contributed by atoms with Crippen LogP contribution >= 0.6 is 0 Å². The fraction of sp³-hybridized carbons (Fsp3) is 0.545. The van der Waals surface area contributed by atoms with Gasteiger partial charge in [-0.05, 0) is 31.9 Å². The van der Waals surface area contributed by atoms with Crippen LogP contribution < -0.4 is 16.6 Å². The highest BCUT2D eigenvalue weighted by Gasteiger charge is 2.29. The summed E-state index contributed by atoms with van der Waals surface area (Å²) < 4.78 is 5.28. The number of nitrogens with two attached hydrogens (primary N) is 1. The zero-order valence-electron chi connectivity index (χ0n) is 10.3. The Morgan fingerprint density at radius 3 is 2.67 bits per heavy atom. The molecule has 0 aromatic carbocycles. The van der Waals surface area contributed by atoms with Crippen molar-refractivity contribution in [1.82, 2.24) is 15.5 Å². The standard InChI is InChI=1S/C11H17N5O2/c1-11(4-6-18-7-5-11)13-10(17)8-2-3-9(14-12)16-15-8/h2-3H,4-7,12H2,1H3,(H,13,17)(H,14,16). The molecule has 1 aromatic heterocycles. The number of hydrogen-bond acceptors (Lipinski definition) is 6. The van der Waals surface area contributed by atoms with E-state index in [2.05, 4.69) is 20.9 Å². The Balaban J connectivity index is 2.02. The summed E-state index contributed by atoms with van der Waals surface area (Å²) in [4.78, 5) is 12.0. The second-order valence-electron chi connectivity index (χ2n) is 4.58. The quantitative estimate of drug-likeness (QED) is 0.518. The fourth-order valence-electron chi connectivity index (χ4n) is 1.82. The van der Waals surface area contributed by atoms with Gasteiger partial charge in [0.15, 0.2) is 11.5 Å². The molecule has 7 heteroatoms. The van der Waals surface area contributed by atoms with Crippen molar-refractivity contribution in [3.63, 3.8) is 0 Å². The van der Waals surface area contributed by atoms with Crippen LogP contribution in [0.5, 0.6) is 0 Å². The third-order valence-corrected chi connectivity index (χ3v) is 3.06. The molecule has 18 heavy (non-hydrogen) atoms. The number of nitrogens with zero attached hydrogens (tertiary/aromatic N) is 2. The molecular formula is C11H17N5O2. The number of rotatable bonds is 3. The number of ether oxygens (including phenoxy) is 1. The molecule has 0 saturated carbocycles. The van der Waals surface area contributed by atoms with Gasteiger partial charge in [-0.25, -0.2) is 5.84 Å². The molecule has 1 aliphatic heterocycles. The van der Waals surface area contributed by atoms with E-state index in [0.29, 0.717) is 19.0 Å². The molecule has 4 N–H and O–H groups in total. The summed E-state index contributed by atoms with van der Waals surface area (Å²) in [6, 6.07) is 3.19. The van der Waals surface area contributed by atoms with Crippen LogP contribution in [0.2, 0.25) is 0 Å². The molecule has 0 unspecified atom stereocenters. The van der Waals surface area contributed by atoms with Gasteiger partial charge in [0.2, 0.25) is 0 Å². The summed E-state index contributed by atoms with van der Waals surface area (Å²) in [5.74, 6) is 5.37. The minimum absolute atomic E-state index is 0.226. The molecule has 98 valence electrons. The third-order valence-electron chi connectivity index (χ3n) is 3.06. The molecule has 1 saturated heterocycles. The highest BCUT2D eigenvalue weighted by Crippen LogP contribution is 2.20. The predicted molar refractivity (Wildman–Crippen MR) is 65.8 cm³/mol. The molecule has 0 spiro atoms. The van der Waals surface area contributed by atoms with E-state index in [0.717, 1.165) is 12.8 Å². The summed E-state index contributed by atoms with van der Waals surface area (Å²) in [6.07, 6.45) is 1.60. The van der Waals surface area contributed by atoms with Crippen molar-refractivity contribution in [1.29, 1.82) is 0 Å². The number of nitrogens with one attached hydrogen (secondary N) is 2. The Morgan fingerprint density at radius 1 is 1.39 bits per heavy atom. The second-order valence-corrected chi connectivity index (χ2v) is 4.58. The first kappa shape index (κ1) is 12.7. The monoisotopic (exact) mass is 251 g/mol. The molecule has 2 rings (SSSR count). The molecule has 1 aliphatic rings. The lowest BCUT2D eigenvalue weighted by atomic mass is 9.92. The molecule has 1 amide bonds. The van der Waals surface area contributed by atoms with Crippen LogP contribution in [-0.4, -0.2) is 34.9 Å². The van der Waals surface area contributed by atoms with Crippen LogP contribution in [0.4, 0.5) is 5.82 Å². The summed E-state index contributed by atoms with van der Waals surface area (Å²) in [5, 5.41) is 10.5. The fourth-order valence-corrected chi connectivity index (χ4v) is 1.82. The highest BCUT2D eigenvalue weighted by molar-refractivity contribution is 5.92. The molecule has 1 fully saturated rings. The predicted octanol–water partition coefficient (Wildman–Crippen LogP) is 0.0611. The van der Waals surface area contributed by atoms with E-state index in [1.54, 1.807) is 12.1 Å². The Labute approximate surface area is 105 Å². The number of amides is 1. The van der Waals surface area contributed by atoms with Crippen LogP contribution in [0.15, 0.2) is 12.1 Å². The van der Waals surface area contributed by atoms with E-state index in [1.165, 1.54) is 0 Å². The molecule has 0 radical (unpaired) electrons. The molecule has 0 aliphatic carbocycles. The lowest BCUT2D eigenvalue weighted by Gasteiger charge is -2.34. The van der Waals surface area contributed by atoms with Crippen molar-refractivity contribution in [3.05, 3.63) is 17.8 Å². The van der Waals surface area contributed by atoms with Crippen LogP contribution in [0, 0.1) is 0 Å². The number of carbonyl (C=O) groups excluding carboxylic acids is 1. The minimum atomic E-state index is -0.234. The maximum atomic E-state index is 12.0. The van der Waals surface area contributed by atoms with Gasteiger partial charge in [0.25, 0.3) is 5.91 Å². The van der Waals surface area contributed by atoms with E-state index in [4.69, 9.17) is 10.6 Å². The first-order valence-corrected chi connectivity index (χ1v) is 5.84. The van der Waals surface area contributed by atoms with Crippen molar-refractivity contribution in [2.75, 3.05) is 18.6 Å². The minimum Gasteiger partial charge on any atom is -0.381 e. The number of carbonyl (C=O) groups is 1. The summed E-state index contributed by atoms with van der Waals surface area (Å²) in [5.41, 5.74) is 2.41. The van der Waals surface area contributed by atoms with Gasteiger partial charge in [-0.2, -0.15) is 0 Å². The third kappa shape index (κ3) is 2.93. The van der Waals surface area contributed by atoms with E-state index in [9.17, 15) is 4.79 Å². The van der Waals surface area contributed by atoms with Crippen LogP contribution in [0.3, 0.4) is 0 Å². The van der Waals surface area contributed by atoms with Crippen LogP contribution in [-0.2, 0) is 4.74 Å². The highest BCUT2D eigenvalue weighted by atomic mass is 16.5. The van der Waals surface area contributed by atoms with Crippen molar-refractivity contribution in [2.24, 2.45) is 5.84 Å². The Bertz CT molecular complexity index is 414. The largest absolute Gasteiger partial charge is 0.381 e. The number of anilines is 1. The van der Waals surface area contributed by atoms with Gasteiger partial charge >= 0.3 is 0 Å².